The van der Waals surface area contributed by atoms with E-state index in [4.69, 9.17) is 11.6 Å². The number of thioether (sulfide) groups is 1. The lowest BCUT2D eigenvalue weighted by Crippen LogP contribution is -2.22. The summed E-state index contributed by atoms with van der Waals surface area (Å²) in [6, 6.07) is 10.3. The van der Waals surface area contributed by atoms with Crippen LogP contribution >= 0.6 is 34.7 Å². The van der Waals surface area contributed by atoms with Crippen LogP contribution in [-0.4, -0.2) is 30.7 Å². The van der Waals surface area contributed by atoms with Gasteiger partial charge in [-0.2, -0.15) is 13.2 Å². The standard InChI is InChI=1S/C19H13ClF3N5OS2/c1-10(16(29)25-17-24-14(9-30-17)11-5-3-2-4-6-11)31-18-27-26-15-13(20)7-12(8-28(15)18)19(21,22)23/h2-10H,1H3,(H,24,25,29). The molecule has 1 N–H and O–H groups in total. The quantitative estimate of drug-likeness (QED) is 0.372. The fourth-order valence-electron chi connectivity index (χ4n) is 2.66. The average molecular weight is 484 g/mol. The molecule has 0 spiro atoms. The predicted octanol–water partition coefficient (Wildman–Crippen LogP) is 5.64. The van der Waals surface area contributed by atoms with E-state index in [9.17, 15) is 18.0 Å². The number of rotatable bonds is 5. The second-order valence-corrected chi connectivity index (χ2v) is 8.98. The molecule has 0 aliphatic carbocycles. The summed E-state index contributed by atoms with van der Waals surface area (Å²) in [7, 11) is 0. The molecule has 31 heavy (non-hydrogen) atoms. The molecule has 6 nitrogen and oxygen atoms in total. The summed E-state index contributed by atoms with van der Waals surface area (Å²) in [5.74, 6) is -0.367. The van der Waals surface area contributed by atoms with Crippen LogP contribution < -0.4 is 5.32 Å². The van der Waals surface area contributed by atoms with Gasteiger partial charge in [0.25, 0.3) is 0 Å². The number of nitrogens with one attached hydrogen (secondary N) is 1. The van der Waals surface area contributed by atoms with Crippen molar-refractivity contribution in [3.8, 4) is 11.3 Å². The summed E-state index contributed by atoms with van der Waals surface area (Å²) in [4.78, 5) is 17.0. The highest BCUT2D eigenvalue weighted by Crippen LogP contribution is 2.34. The van der Waals surface area contributed by atoms with Crippen molar-refractivity contribution in [1.29, 1.82) is 0 Å². The molecule has 0 aliphatic heterocycles. The van der Waals surface area contributed by atoms with E-state index in [0.717, 1.165) is 39.7 Å². The number of carbonyl (C=O) groups is 1. The normalized spacial score (nSPS) is 12.8. The highest BCUT2D eigenvalue weighted by atomic mass is 35.5. The van der Waals surface area contributed by atoms with Gasteiger partial charge in [-0.1, -0.05) is 53.7 Å². The zero-order valence-corrected chi connectivity index (χ0v) is 18.1. The van der Waals surface area contributed by atoms with Crippen molar-refractivity contribution in [2.75, 3.05) is 5.32 Å². The first-order valence-corrected chi connectivity index (χ1v) is 11.0. The van der Waals surface area contributed by atoms with Crippen LogP contribution in [0.3, 0.4) is 0 Å². The first-order valence-electron chi connectivity index (χ1n) is 8.82. The van der Waals surface area contributed by atoms with Gasteiger partial charge in [-0.05, 0) is 13.0 Å². The maximum Gasteiger partial charge on any atom is 0.417 e. The summed E-state index contributed by atoms with van der Waals surface area (Å²) in [6.45, 7) is 1.61. The molecule has 1 atom stereocenters. The summed E-state index contributed by atoms with van der Waals surface area (Å²) in [5, 5.41) is 11.9. The third kappa shape index (κ3) is 4.68. The Morgan fingerprint density at radius 1 is 1.26 bits per heavy atom. The number of fused-ring (bicyclic) bond motifs is 1. The van der Waals surface area contributed by atoms with E-state index < -0.39 is 17.0 Å². The Balaban J connectivity index is 1.50. The third-order valence-corrected chi connectivity index (χ3v) is 6.30. The predicted molar refractivity (Wildman–Crippen MR) is 114 cm³/mol. The van der Waals surface area contributed by atoms with Crippen molar-refractivity contribution in [1.82, 2.24) is 19.6 Å². The number of nitrogens with zero attached hydrogens (tertiary/aromatic N) is 4. The molecule has 0 saturated heterocycles. The highest BCUT2D eigenvalue weighted by molar-refractivity contribution is 8.00. The van der Waals surface area contributed by atoms with Crippen LogP contribution in [0.25, 0.3) is 16.9 Å². The Labute approximate surface area is 187 Å². The van der Waals surface area contributed by atoms with Crippen molar-refractivity contribution in [2.24, 2.45) is 0 Å². The smallest absolute Gasteiger partial charge is 0.301 e. The number of hydrogen-bond donors (Lipinski definition) is 1. The molecule has 160 valence electrons. The minimum atomic E-state index is -4.58. The van der Waals surface area contributed by atoms with Gasteiger partial charge in [0.1, 0.15) is 0 Å². The molecule has 4 aromatic rings. The van der Waals surface area contributed by atoms with Crippen molar-refractivity contribution >= 4 is 51.4 Å². The first-order chi connectivity index (χ1) is 14.7. The minimum Gasteiger partial charge on any atom is -0.301 e. The van der Waals surface area contributed by atoms with Crippen LogP contribution in [0.4, 0.5) is 18.3 Å². The van der Waals surface area contributed by atoms with Crippen LogP contribution in [0.2, 0.25) is 5.02 Å². The van der Waals surface area contributed by atoms with Crippen LogP contribution in [0, 0.1) is 0 Å². The Bertz CT molecular complexity index is 1240. The van der Waals surface area contributed by atoms with E-state index >= 15 is 0 Å². The largest absolute Gasteiger partial charge is 0.417 e. The lowest BCUT2D eigenvalue weighted by molar-refractivity contribution is -0.137. The molecule has 3 aromatic heterocycles. The maximum absolute atomic E-state index is 13.1. The summed E-state index contributed by atoms with van der Waals surface area (Å²) >= 11 is 8.17. The molecule has 0 bridgehead atoms. The number of alkyl halides is 3. The minimum absolute atomic E-state index is 0.0807. The number of amides is 1. The Morgan fingerprint density at radius 2 is 2.00 bits per heavy atom. The monoisotopic (exact) mass is 483 g/mol. The third-order valence-electron chi connectivity index (χ3n) is 4.21. The highest BCUT2D eigenvalue weighted by Gasteiger charge is 2.32. The van der Waals surface area contributed by atoms with Crippen LogP contribution in [0.15, 0.2) is 53.1 Å². The van der Waals surface area contributed by atoms with Gasteiger partial charge in [-0.25, -0.2) is 4.98 Å². The van der Waals surface area contributed by atoms with Gasteiger partial charge < -0.3 is 5.32 Å². The molecule has 12 heteroatoms. The number of benzene rings is 1. The van der Waals surface area contributed by atoms with Crippen LogP contribution in [-0.2, 0) is 11.0 Å². The van der Waals surface area contributed by atoms with E-state index in [0.29, 0.717) is 5.13 Å². The topological polar surface area (TPSA) is 72.2 Å². The van der Waals surface area contributed by atoms with E-state index in [-0.39, 0.29) is 21.7 Å². The summed E-state index contributed by atoms with van der Waals surface area (Å²) in [5.41, 5.74) is 0.810. The van der Waals surface area contributed by atoms with Gasteiger partial charge in [-0.15, -0.1) is 21.5 Å². The van der Waals surface area contributed by atoms with Gasteiger partial charge in [0.15, 0.2) is 15.9 Å². The fraction of sp³-hybridized carbons (Fsp3) is 0.158. The number of halogens is 4. The molecule has 1 unspecified atom stereocenters. The number of aromatic nitrogens is 4. The Kier molecular flexibility index (Phi) is 5.91. The lowest BCUT2D eigenvalue weighted by Gasteiger charge is -2.11. The molecule has 0 fully saturated rings. The first kappa shape index (κ1) is 21.6. The molecule has 1 aromatic carbocycles. The molecule has 0 radical (unpaired) electrons. The summed E-state index contributed by atoms with van der Waals surface area (Å²) < 4.78 is 40.4. The van der Waals surface area contributed by atoms with Crippen molar-refractivity contribution in [2.45, 2.75) is 23.5 Å². The van der Waals surface area contributed by atoms with Gasteiger partial charge in [0.2, 0.25) is 5.91 Å². The van der Waals surface area contributed by atoms with E-state index in [2.05, 4.69) is 20.5 Å². The lowest BCUT2D eigenvalue weighted by atomic mass is 10.2. The molecule has 3 heterocycles. The molecular weight excluding hydrogens is 471 g/mol. The van der Waals surface area contributed by atoms with Gasteiger partial charge >= 0.3 is 6.18 Å². The zero-order chi connectivity index (χ0) is 22.2. The second kappa shape index (κ2) is 8.48. The van der Waals surface area contributed by atoms with Crippen molar-refractivity contribution in [3.05, 3.63) is 58.6 Å². The molecule has 4 rings (SSSR count). The SMILES string of the molecule is CC(Sc1nnc2c(Cl)cc(C(F)(F)F)cn12)C(=O)Nc1nc(-c2ccccc2)cs1. The van der Waals surface area contributed by atoms with E-state index in [1.807, 2.05) is 35.7 Å². The zero-order valence-electron chi connectivity index (χ0n) is 15.7. The maximum atomic E-state index is 13.1. The van der Waals surface area contributed by atoms with Crippen molar-refractivity contribution in [3.63, 3.8) is 0 Å². The molecular formula is C19H13ClF3N5OS2. The molecule has 0 saturated carbocycles. The molecule has 0 aliphatic rings. The second-order valence-electron chi connectivity index (χ2n) is 6.40. The van der Waals surface area contributed by atoms with Gasteiger partial charge in [-0.3, -0.25) is 9.20 Å². The summed E-state index contributed by atoms with van der Waals surface area (Å²) in [6.07, 6.45) is -3.71. The fourth-order valence-corrected chi connectivity index (χ4v) is 4.45. The van der Waals surface area contributed by atoms with Crippen molar-refractivity contribution < 1.29 is 18.0 Å². The van der Waals surface area contributed by atoms with E-state index in [1.165, 1.54) is 11.3 Å². The number of pyridine rings is 1. The Morgan fingerprint density at radius 3 is 2.71 bits per heavy atom. The van der Waals surface area contributed by atoms with Gasteiger partial charge in [0.05, 0.1) is 21.5 Å². The van der Waals surface area contributed by atoms with Crippen LogP contribution in [0.1, 0.15) is 12.5 Å². The van der Waals surface area contributed by atoms with E-state index in [1.54, 1.807) is 6.92 Å². The molecule has 1 amide bonds. The van der Waals surface area contributed by atoms with Crippen LogP contribution in [0.5, 0.6) is 0 Å². The number of thiazole rings is 1. The van der Waals surface area contributed by atoms with Gasteiger partial charge in [0, 0.05) is 17.1 Å². The number of anilines is 1. The average Bonchev–Trinajstić information content (AvgIpc) is 3.35. The Hall–Kier alpha value is -2.63. The number of hydrogen-bond acceptors (Lipinski definition) is 6. The number of carbonyl (C=O) groups excluding carboxylic acids is 1.